The third-order valence-electron chi connectivity index (χ3n) is 4.41. The Bertz CT molecular complexity index is 975. The van der Waals surface area contributed by atoms with E-state index >= 15 is 0 Å². The molecule has 0 spiro atoms. The van der Waals surface area contributed by atoms with Crippen LogP contribution in [0.2, 0.25) is 0 Å². The first kappa shape index (κ1) is 20.8. The van der Waals surface area contributed by atoms with Gasteiger partial charge in [-0.1, -0.05) is 6.07 Å². The van der Waals surface area contributed by atoms with Gasteiger partial charge in [0.1, 0.15) is 23.9 Å². The maximum absolute atomic E-state index is 12.5. The molecule has 0 radical (unpaired) electrons. The number of aryl methyl sites for hydroxylation is 1. The first-order valence-electron chi connectivity index (χ1n) is 9.07. The fraction of sp³-hybridized carbons (Fsp3) is 0.350. The molecule has 1 aliphatic heterocycles. The number of amides is 1. The number of rotatable bonds is 7. The summed E-state index contributed by atoms with van der Waals surface area (Å²) in [6.07, 6.45) is 0.170. The quantitative estimate of drug-likeness (QED) is 0.686. The molecule has 0 saturated carbocycles. The molecule has 9 heteroatoms. The monoisotopic (exact) mass is 420 g/mol. The average molecular weight is 420 g/mol. The van der Waals surface area contributed by atoms with E-state index in [2.05, 4.69) is 5.32 Å². The van der Waals surface area contributed by atoms with Crippen LogP contribution in [0.4, 0.5) is 5.69 Å². The summed E-state index contributed by atoms with van der Waals surface area (Å²) in [6, 6.07) is 12.3. The van der Waals surface area contributed by atoms with Gasteiger partial charge in [-0.3, -0.25) is 9.10 Å². The SMILES string of the molecule is COc1ccc(OCCNC(=O)[C@@H]2CN(S(C)(=O)=O)c3cc(C)ccc3O2)cc1. The van der Waals surface area contributed by atoms with Crippen LogP contribution < -0.4 is 23.8 Å². The van der Waals surface area contributed by atoms with Crippen molar-refractivity contribution in [2.75, 3.05) is 37.4 Å². The van der Waals surface area contributed by atoms with Gasteiger partial charge in [0, 0.05) is 0 Å². The Kier molecular flexibility index (Phi) is 6.17. The van der Waals surface area contributed by atoms with Crippen LogP contribution in [-0.4, -0.2) is 53.5 Å². The molecule has 0 fully saturated rings. The van der Waals surface area contributed by atoms with Crippen molar-refractivity contribution >= 4 is 21.6 Å². The van der Waals surface area contributed by atoms with Crippen molar-refractivity contribution in [1.82, 2.24) is 5.32 Å². The number of methoxy groups -OCH3 is 1. The number of nitrogens with one attached hydrogen (secondary N) is 1. The molecule has 0 saturated heterocycles. The van der Waals surface area contributed by atoms with Crippen molar-refractivity contribution in [3.8, 4) is 17.2 Å². The summed E-state index contributed by atoms with van der Waals surface area (Å²) in [5.41, 5.74) is 1.35. The van der Waals surface area contributed by atoms with Crippen molar-refractivity contribution in [2.24, 2.45) is 0 Å². The molecule has 0 aliphatic carbocycles. The van der Waals surface area contributed by atoms with Crippen LogP contribution in [0.5, 0.6) is 17.2 Å². The molecule has 8 nitrogen and oxygen atoms in total. The van der Waals surface area contributed by atoms with Gasteiger partial charge in [-0.25, -0.2) is 8.42 Å². The zero-order valence-electron chi connectivity index (χ0n) is 16.5. The predicted octanol–water partition coefficient (Wildman–Crippen LogP) is 1.73. The van der Waals surface area contributed by atoms with Gasteiger partial charge in [0.2, 0.25) is 10.0 Å². The lowest BCUT2D eigenvalue weighted by Gasteiger charge is -2.34. The van der Waals surface area contributed by atoms with Gasteiger partial charge < -0.3 is 19.5 Å². The van der Waals surface area contributed by atoms with E-state index < -0.39 is 22.0 Å². The zero-order valence-corrected chi connectivity index (χ0v) is 17.4. The third kappa shape index (κ3) is 5.11. The number of benzene rings is 2. The van der Waals surface area contributed by atoms with Crippen LogP contribution in [0.25, 0.3) is 0 Å². The summed E-state index contributed by atoms with van der Waals surface area (Å²) in [4.78, 5) is 12.5. The highest BCUT2D eigenvalue weighted by Gasteiger charge is 2.34. The molecule has 29 heavy (non-hydrogen) atoms. The summed E-state index contributed by atoms with van der Waals surface area (Å²) < 4.78 is 42.0. The van der Waals surface area contributed by atoms with E-state index in [9.17, 15) is 13.2 Å². The normalized spacial score (nSPS) is 15.8. The Labute approximate surface area is 170 Å². The van der Waals surface area contributed by atoms with Crippen molar-refractivity contribution in [2.45, 2.75) is 13.0 Å². The molecular weight excluding hydrogens is 396 g/mol. The van der Waals surface area contributed by atoms with Gasteiger partial charge in [-0.15, -0.1) is 0 Å². The lowest BCUT2D eigenvalue weighted by molar-refractivity contribution is -0.127. The smallest absolute Gasteiger partial charge is 0.263 e. The first-order chi connectivity index (χ1) is 13.8. The number of hydrogen-bond acceptors (Lipinski definition) is 6. The number of fused-ring (bicyclic) bond motifs is 1. The third-order valence-corrected chi connectivity index (χ3v) is 5.55. The van der Waals surface area contributed by atoms with Gasteiger partial charge in [-0.05, 0) is 48.9 Å². The summed E-state index contributed by atoms with van der Waals surface area (Å²) in [5.74, 6) is 1.35. The highest BCUT2D eigenvalue weighted by molar-refractivity contribution is 7.92. The van der Waals surface area contributed by atoms with Gasteiger partial charge in [0.25, 0.3) is 5.91 Å². The van der Waals surface area contributed by atoms with Crippen LogP contribution in [0, 0.1) is 6.92 Å². The standard InChI is InChI=1S/C20H24N2O6S/c1-14-4-9-18-17(12-14)22(29(3,24)25)13-19(28-18)20(23)21-10-11-27-16-7-5-15(26-2)6-8-16/h4-9,12,19H,10-11,13H2,1-3H3,(H,21,23)/t19-/m0/s1. The highest BCUT2D eigenvalue weighted by Crippen LogP contribution is 2.35. The second kappa shape index (κ2) is 8.60. The van der Waals surface area contributed by atoms with Crippen LogP contribution in [0.3, 0.4) is 0 Å². The molecule has 1 heterocycles. The van der Waals surface area contributed by atoms with E-state index in [4.69, 9.17) is 14.2 Å². The van der Waals surface area contributed by atoms with E-state index in [1.165, 1.54) is 4.31 Å². The summed E-state index contributed by atoms with van der Waals surface area (Å²) in [7, 11) is -1.96. The van der Waals surface area contributed by atoms with Gasteiger partial charge >= 0.3 is 0 Å². The van der Waals surface area contributed by atoms with Gasteiger partial charge in [0.15, 0.2) is 6.10 Å². The van der Waals surface area contributed by atoms with Crippen LogP contribution in [0.15, 0.2) is 42.5 Å². The van der Waals surface area contributed by atoms with E-state index in [-0.39, 0.29) is 19.7 Å². The number of hydrogen-bond donors (Lipinski definition) is 1. The fourth-order valence-electron chi connectivity index (χ4n) is 2.94. The minimum Gasteiger partial charge on any atom is -0.497 e. The molecule has 156 valence electrons. The Morgan fingerprint density at radius 1 is 1.21 bits per heavy atom. The second-order valence-electron chi connectivity index (χ2n) is 6.69. The number of anilines is 1. The molecule has 2 aromatic carbocycles. The average Bonchev–Trinajstić information content (AvgIpc) is 2.70. The maximum atomic E-state index is 12.5. The van der Waals surface area contributed by atoms with E-state index in [1.807, 2.05) is 13.0 Å². The molecule has 3 rings (SSSR count). The molecule has 0 bridgehead atoms. The van der Waals surface area contributed by atoms with Gasteiger partial charge in [0.05, 0.1) is 32.1 Å². The van der Waals surface area contributed by atoms with Crippen LogP contribution in [-0.2, 0) is 14.8 Å². The Balaban J connectivity index is 1.58. The zero-order chi connectivity index (χ0) is 21.0. The van der Waals surface area contributed by atoms with E-state index in [0.717, 1.165) is 17.6 Å². The molecule has 2 aromatic rings. The van der Waals surface area contributed by atoms with Crippen molar-refractivity contribution in [3.63, 3.8) is 0 Å². The van der Waals surface area contributed by atoms with Gasteiger partial charge in [-0.2, -0.15) is 0 Å². The second-order valence-corrected chi connectivity index (χ2v) is 8.59. The van der Waals surface area contributed by atoms with E-state index in [1.54, 1.807) is 43.5 Å². The summed E-state index contributed by atoms with van der Waals surface area (Å²) in [5, 5.41) is 2.72. The minimum atomic E-state index is -3.55. The van der Waals surface area contributed by atoms with Crippen molar-refractivity contribution in [3.05, 3.63) is 48.0 Å². The Hall–Kier alpha value is -2.94. The molecule has 0 unspecified atom stereocenters. The molecule has 1 atom stereocenters. The Morgan fingerprint density at radius 2 is 1.90 bits per heavy atom. The molecule has 0 aromatic heterocycles. The molecule has 1 amide bonds. The summed E-state index contributed by atoms with van der Waals surface area (Å²) >= 11 is 0. The summed E-state index contributed by atoms with van der Waals surface area (Å²) in [6.45, 7) is 2.30. The number of nitrogens with zero attached hydrogens (tertiary/aromatic N) is 1. The van der Waals surface area contributed by atoms with Crippen molar-refractivity contribution in [1.29, 1.82) is 0 Å². The fourth-order valence-corrected chi connectivity index (χ4v) is 3.85. The lowest BCUT2D eigenvalue weighted by Crippen LogP contribution is -2.51. The number of carbonyl (C=O) groups excluding carboxylic acids is 1. The molecule has 1 N–H and O–H groups in total. The molecular formula is C20H24N2O6S. The van der Waals surface area contributed by atoms with Crippen LogP contribution >= 0.6 is 0 Å². The van der Waals surface area contributed by atoms with Crippen LogP contribution in [0.1, 0.15) is 5.56 Å². The van der Waals surface area contributed by atoms with E-state index in [0.29, 0.717) is 17.2 Å². The number of sulfonamides is 1. The van der Waals surface area contributed by atoms with Crippen molar-refractivity contribution < 1.29 is 27.4 Å². The topological polar surface area (TPSA) is 94.2 Å². The number of ether oxygens (including phenoxy) is 3. The molecule has 1 aliphatic rings. The minimum absolute atomic E-state index is 0.0829. The Morgan fingerprint density at radius 3 is 2.55 bits per heavy atom. The highest BCUT2D eigenvalue weighted by atomic mass is 32.2. The predicted molar refractivity (Wildman–Crippen MR) is 109 cm³/mol. The first-order valence-corrected chi connectivity index (χ1v) is 10.9. The lowest BCUT2D eigenvalue weighted by atomic mass is 10.1. The largest absolute Gasteiger partial charge is 0.497 e. The number of carbonyl (C=O) groups is 1. The maximum Gasteiger partial charge on any atom is 0.263 e.